The highest BCUT2D eigenvalue weighted by atomic mass is 35.5. The molecule has 0 unspecified atom stereocenters. The van der Waals surface area contributed by atoms with E-state index < -0.39 is 25.9 Å². The second-order valence-corrected chi connectivity index (χ2v) is 7.01. The number of nitrogens with zero attached hydrogens (tertiary/aromatic N) is 2. The van der Waals surface area contributed by atoms with Crippen LogP contribution in [0.4, 0.5) is 11.5 Å². The first-order chi connectivity index (χ1) is 9.40. The number of halogens is 1. The summed E-state index contributed by atoms with van der Waals surface area (Å²) in [4.78, 5) is 13.9. The standard InChI is InChI=1S/C11H14ClN3O4S/c12-10-7-6-9(15(16)17)11(13-10)14-20(18,19)8-4-2-1-3-5-8/h6-8H,1-5H2,(H,13,14). The minimum atomic E-state index is -3.68. The van der Waals surface area contributed by atoms with E-state index in [-0.39, 0.29) is 11.0 Å². The molecule has 1 saturated carbocycles. The van der Waals surface area contributed by atoms with Crippen LogP contribution in [0.15, 0.2) is 12.1 Å². The SMILES string of the molecule is O=[N+]([O-])c1ccc(Cl)nc1NS(=O)(=O)C1CCCCC1. The maximum atomic E-state index is 12.2. The number of hydrogen-bond acceptors (Lipinski definition) is 5. The summed E-state index contributed by atoms with van der Waals surface area (Å²) in [6, 6.07) is 2.38. The number of anilines is 1. The third-order valence-electron chi connectivity index (χ3n) is 3.27. The molecule has 1 aliphatic rings. The first-order valence-electron chi connectivity index (χ1n) is 6.23. The lowest BCUT2D eigenvalue weighted by Crippen LogP contribution is -2.30. The number of aromatic nitrogens is 1. The summed E-state index contributed by atoms with van der Waals surface area (Å²) in [7, 11) is -3.68. The predicted molar refractivity (Wildman–Crippen MR) is 75.3 cm³/mol. The molecule has 0 bridgehead atoms. The largest absolute Gasteiger partial charge is 0.312 e. The van der Waals surface area contributed by atoms with Crippen LogP contribution in [0.25, 0.3) is 0 Å². The Hall–Kier alpha value is -1.41. The number of sulfonamides is 1. The van der Waals surface area contributed by atoms with Crippen molar-refractivity contribution in [3.63, 3.8) is 0 Å². The zero-order chi connectivity index (χ0) is 14.8. The van der Waals surface area contributed by atoms with Gasteiger partial charge in [-0.1, -0.05) is 30.9 Å². The summed E-state index contributed by atoms with van der Waals surface area (Å²) in [5.74, 6) is -0.326. The first kappa shape index (κ1) is 15.0. The van der Waals surface area contributed by atoms with Gasteiger partial charge in [0, 0.05) is 6.07 Å². The van der Waals surface area contributed by atoms with Gasteiger partial charge < -0.3 is 0 Å². The molecule has 1 aromatic heterocycles. The molecular formula is C11H14ClN3O4S. The summed E-state index contributed by atoms with van der Waals surface area (Å²) in [5.41, 5.74) is -0.409. The Morgan fingerprint density at radius 1 is 1.30 bits per heavy atom. The van der Waals surface area contributed by atoms with Crippen LogP contribution in [0, 0.1) is 10.1 Å². The molecule has 2 rings (SSSR count). The summed E-state index contributed by atoms with van der Waals surface area (Å²) >= 11 is 5.67. The van der Waals surface area contributed by atoms with Crippen LogP contribution in [0.2, 0.25) is 5.15 Å². The summed E-state index contributed by atoms with van der Waals surface area (Å²) in [6.45, 7) is 0. The zero-order valence-corrected chi connectivity index (χ0v) is 12.2. The molecule has 1 heterocycles. The van der Waals surface area contributed by atoms with Crippen LogP contribution in [0.1, 0.15) is 32.1 Å². The van der Waals surface area contributed by atoms with Crippen molar-refractivity contribution in [2.24, 2.45) is 0 Å². The lowest BCUT2D eigenvalue weighted by molar-refractivity contribution is -0.384. The third-order valence-corrected chi connectivity index (χ3v) is 5.30. The van der Waals surface area contributed by atoms with E-state index in [1.54, 1.807) is 0 Å². The number of rotatable bonds is 4. The molecule has 9 heteroatoms. The van der Waals surface area contributed by atoms with E-state index in [0.717, 1.165) is 25.3 Å². The van der Waals surface area contributed by atoms with Gasteiger partial charge in [-0.2, -0.15) is 0 Å². The molecule has 1 N–H and O–H groups in total. The molecule has 110 valence electrons. The molecule has 1 aliphatic carbocycles. The van der Waals surface area contributed by atoms with Crippen LogP contribution < -0.4 is 4.72 Å². The second-order valence-electron chi connectivity index (χ2n) is 4.67. The Morgan fingerprint density at radius 3 is 2.55 bits per heavy atom. The number of hydrogen-bond donors (Lipinski definition) is 1. The molecule has 0 aliphatic heterocycles. The van der Waals surface area contributed by atoms with E-state index in [2.05, 4.69) is 9.71 Å². The predicted octanol–water partition coefficient (Wildman–Crippen LogP) is 2.72. The van der Waals surface area contributed by atoms with Crippen LogP contribution in [-0.4, -0.2) is 23.6 Å². The number of nitro groups is 1. The van der Waals surface area contributed by atoms with Crippen molar-refractivity contribution in [1.82, 2.24) is 4.98 Å². The number of nitrogens with one attached hydrogen (secondary N) is 1. The molecule has 0 spiro atoms. The van der Waals surface area contributed by atoms with Gasteiger partial charge in [0.15, 0.2) is 0 Å². The summed E-state index contributed by atoms with van der Waals surface area (Å²) < 4.78 is 26.7. The average molecular weight is 320 g/mol. The van der Waals surface area contributed by atoms with Crippen molar-refractivity contribution in [3.8, 4) is 0 Å². The Morgan fingerprint density at radius 2 is 1.95 bits per heavy atom. The maximum Gasteiger partial charge on any atom is 0.312 e. The van der Waals surface area contributed by atoms with E-state index in [1.807, 2.05) is 0 Å². The van der Waals surface area contributed by atoms with Gasteiger partial charge in [-0.05, 0) is 18.9 Å². The quantitative estimate of drug-likeness (QED) is 0.522. The highest BCUT2D eigenvalue weighted by Gasteiger charge is 2.30. The van der Waals surface area contributed by atoms with E-state index in [4.69, 9.17) is 11.6 Å². The van der Waals surface area contributed by atoms with Crippen molar-refractivity contribution in [3.05, 3.63) is 27.4 Å². The normalized spacial score (nSPS) is 16.9. The van der Waals surface area contributed by atoms with Crippen molar-refractivity contribution in [1.29, 1.82) is 0 Å². The highest BCUT2D eigenvalue weighted by Crippen LogP contribution is 2.29. The fourth-order valence-electron chi connectivity index (χ4n) is 2.24. The lowest BCUT2D eigenvalue weighted by Gasteiger charge is -2.21. The fourth-order valence-corrected chi connectivity index (χ4v) is 3.93. The van der Waals surface area contributed by atoms with Crippen molar-refractivity contribution < 1.29 is 13.3 Å². The van der Waals surface area contributed by atoms with Crippen molar-refractivity contribution in [2.75, 3.05) is 4.72 Å². The van der Waals surface area contributed by atoms with Gasteiger partial charge in [0.2, 0.25) is 15.8 Å². The van der Waals surface area contributed by atoms with Gasteiger partial charge in [0.25, 0.3) is 0 Å². The monoisotopic (exact) mass is 319 g/mol. The van der Waals surface area contributed by atoms with E-state index >= 15 is 0 Å². The fraction of sp³-hybridized carbons (Fsp3) is 0.545. The third kappa shape index (κ3) is 3.37. The van der Waals surface area contributed by atoms with Crippen LogP contribution >= 0.6 is 11.6 Å². The molecular weight excluding hydrogens is 306 g/mol. The van der Waals surface area contributed by atoms with Crippen LogP contribution in [0.5, 0.6) is 0 Å². The van der Waals surface area contributed by atoms with Gasteiger partial charge in [0.1, 0.15) is 5.15 Å². The summed E-state index contributed by atoms with van der Waals surface area (Å²) in [5, 5.41) is 10.3. The molecule has 1 fully saturated rings. The van der Waals surface area contributed by atoms with E-state index in [9.17, 15) is 18.5 Å². The number of pyridine rings is 1. The van der Waals surface area contributed by atoms with E-state index in [0.29, 0.717) is 12.8 Å². The van der Waals surface area contributed by atoms with Crippen molar-refractivity contribution in [2.45, 2.75) is 37.4 Å². The molecule has 0 saturated heterocycles. The summed E-state index contributed by atoms with van der Waals surface area (Å²) in [6.07, 6.45) is 3.82. The minimum absolute atomic E-state index is 0.00283. The molecule has 0 aromatic carbocycles. The molecule has 7 nitrogen and oxygen atoms in total. The van der Waals surface area contributed by atoms with Gasteiger partial charge >= 0.3 is 5.69 Å². The van der Waals surface area contributed by atoms with E-state index in [1.165, 1.54) is 6.07 Å². The van der Waals surface area contributed by atoms with Crippen LogP contribution in [-0.2, 0) is 10.0 Å². The molecule has 0 radical (unpaired) electrons. The maximum absolute atomic E-state index is 12.2. The topological polar surface area (TPSA) is 102 Å². The Bertz CT molecular complexity index is 614. The molecule has 0 amide bonds. The van der Waals surface area contributed by atoms with Gasteiger partial charge in [-0.3, -0.25) is 14.8 Å². The van der Waals surface area contributed by atoms with Gasteiger partial charge in [-0.25, -0.2) is 13.4 Å². The Labute approximate surface area is 121 Å². The second kappa shape index (κ2) is 5.92. The minimum Gasteiger partial charge on any atom is -0.261 e. The first-order valence-corrected chi connectivity index (χ1v) is 8.15. The van der Waals surface area contributed by atoms with Crippen molar-refractivity contribution >= 4 is 33.1 Å². The van der Waals surface area contributed by atoms with Gasteiger partial charge in [0.05, 0.1) is 10.2 Å². The average Bonchev–Trinajstić information content (AvgIpc) is 2.39. The molecule has 20 heavy (non-hydrogen) atoms. The smallest absolute Gasteiger partial charge is 0.261 e. The zero-order valence-electron chi connectivity index (χ0n) is 10.6. The van der Waals surface area contributed by atoms with Gasteiger partial charge in [-0.15, -0.1) is 0 Å². The van der Waals surface area contributed by atoms with Crippen LogP contribution in [0.3, 0.4) is 0 Å². The highest BCUT2D eigenvalue weighted by molar-refractivity contribution is 7.93. The molecule has 1 aromatic rings. The Balaban J connectivity index is 2.28. The molecule has 0 atom stereocenters. The lowest BCUT2D eigenvalue weighted by atomic mass is 10.0. The Kier molecular flexibility index (Phi) is 4.44.